The number of aryl methyl sites for hydroxylation is 2. The van der Waals surface area contributed by atoms with Crippen LogP contribution in [0.4, 0.5) is 13.2 Å². The van der Waals surface area contributed by atoms with E-state index in [1.165, 1.54) is 6.07 Å². The maximum atomic E-state index is 13.3. The molecule has 1 fully saturated rings. The molecule has 1 aromatic heterocycles. The summed E-state index contributed by atoms with van der Waals surface area (Å²) in [6.45, 7) is 5.23. The van der Waals surface area contributed by atoms with Crippen LogP contribution in [0.2, 0.25) is 0 Å². The zero-order valence-corrected chi connectivity index (χ0v) is 25.1. The van der Waals surface area contributed by atoms with Crippen molar-refractivity contribution in [2.24, 2.45) is 5.41 Å². The van der Waals surface area contributed by atoms with Crippen LogP contribution in [0, 0.1) is 5.41 Å². The first kappa shape index (κ1) is 31.8. The molecule has 3 aromatic rings. The van der Waals surface area contributed by atoms with Crippen molar-refractivity contribution in [2.45, 2.75) is 76.3 Å². The van der Waals surface area contributed by atoms with Gasteiger partial charge < -0.3 is 10.2 Å². The second-order valence-corrected chi connectivity index (χ2v) is 12.9. The molecule has 0 unspecified atom stereocenters. The number of aromatic nitrogens is 1. The number of pyridine rings is 1. The Hall–Kier alpha value is -3.10. The Morgan fingerprint density at radius 1 is 1.05 bits per heavy atom. The van der Waals surface area contributed by atoms with Gasteiger partial charge in [0.25, 0.3) is 0 Å². The molecular weight excluding hydrogens is 559 g/mol. The number of thioether (sulfide) groups is 1. The minimum Gasteiger partial charge on any atom is -0.481 e. The van der Waals surface area contributed by atoms with E-state index in [-0.39, 0.29) is 29.2 Å². The number of benzene rings is 2. The molecule has 0 spiro atoms. The van der Waals surface area contributed by atoms with Gasteiger partial charge in [-0.05, 0) is 91.8 Å². The first-order valence-electron chi connectivity index (χ1n) is 14.3. The highest BCUT2D eigenvalue weighted by molar-refractivity contribution is 7.99. The lowest BCUT2D eigenvalue weighted by molar-refractivity contribution is -0.139. The van der Waals surface area contributed by atoms with Crippen LogP contribution in [-0.4, -0.2) is 26.9 Å². The number of rotatable bonds is 13. The molecule has 0 saturated heterocycles. The Bertz CT molecular complexity index is 1420. The number of carboxylic acids is 1. The summed E-state index contributed by atoms with van der Waals surface area (Å²) in [6, 6.07) is 18.4. The number of hydrogen-bond acceptors (Lipinski definition) is 4. The Kier molecular flexibility index (Phi) is 9.88. The standard InChI is InChI=1S/C34H38F3NO3S/c1-4-29-28(34(35,36)37)16-15-26(38-29)14-12-23-8-7-10-25(20-23)30(42-22-33(18-19-33)21-31(39)40)17-13-24-9-5-6-11-27(24)32(2,3)41/h5-12,14-16,20,30,41H,4,13,17-19,21-22H2,1-3H3,(H,39,40)/b14-12+/t30-/m1/s1. The zero-order chi connectivity index (χ0) is 30.5. The Morgan fingerprint density at radius 3 is 2.43 bits per heavy atom. The fraction of sp³-hybridized carbons (Fsp3) is 0.412. The van der Waals surface area contributed by atoms with Crippen LogP contribution in [0.5, 0.6) is 0 Å². The van der Waals surface area contributed by atoms with E-state index in [0.717, 1.165) is 59.8 Å². The molecule has 1 atom stereocenters. The Labute approximate surface area is 250 Å². The molecule has 1 aliphatic rings. The summed E-state index contributed by atoms with van der Waals surface area (Å²) in [5.41, 5.74) is 2.65. The fourth-order valence-electron chi connectivity index (χ4n) is 5.30. The molecule has 0 bridgehead atoms. The zero-order valence-electron chi connectivity index (χ0n) is 24.2. The summed E-state index contributed by atoms with van der Waals surface area (Å²) in [5, 5.41) is 20.2. The Morgan fingerprint density at radius 2 is 1.79 bits per heavy atom. The van der Waals surface area contributed by atoms with Crippen LogP contribution in [0.25, 0.3) is 12.2 Å². The Balaban J connectivity index is 1.57. The summed E-state index contributed by atoms with van der Waals surface area (Å²) in [5.74, 6) is -0.00843. The summed E-state index contributed by atoms with van der Waals surface area (Å²) >= 11 is 1.78. The number of carboxylic acid groups (broad SMARTS) is 1. The molecule has 2 aromatic carbocycles. The van der Waals surface area contributed by atoms with Crippen molar-refractivity contribution in [3.05, 3.63) is 99.9 Å². The number of aliphatic hydroxyl groups is 1. The molecule has 8 heteroatoms. The molecule has 4 rings (SSSR count). The van der Waals surface area contributed by atoms with Crippen molar-refractivity contribution in [3.63, 3.8) is 0 Å². The topological polar surface area (TPSA) is 70.4 Å². The first-order valence-corrected chi connectivity index (χ1v) is 15.3. The van der Waals surface area contributed by atoms with Crippen LogP contribution in [0.3, 0.4) is 0 Å². The third kappa shape index (κ3) is 8.48. The molecule has 0 aliphatic heterocycles. The summed E-state index contributed by atoms with van der Waals surface area (Å²) in [7, 11) is 0. The van der Waals surface area contributed by atoms with Crippen molar-refractivity contribution in [2.75, 3.05) is 5.75 Å². The number of aliphatic carboxylic acids is 1. The average molecular weight is 598 g/mol. The quantitative estimate of drug-likeness (QED) is 0.206. The van der Waals surface area contributed by atoms with Gasteiger partial charge in [-0.1, -0.05) is 61.5 Å². The highest BCUT2D eigenvalue weighted by atomic mass is 32.2. The van der Waals surface area contributed by atoms with Gasteiger partial charge in [0.05, 0.1) is 29.0 Å². The number of nitrogens with zero attached hydrogens (tertiary/aromatic N) is 1. The average Bonchev–Trinajstić information content (AvgIpc) is 3.69. The van der Waals surface area contributed by atoms with Gasteiger partial charge >= 0.3 is 12.1 Å². The number of halogens is 3. The van der Waals surface area contributed by atoms with E-state index in [0.29, 0.717) is 5.69 Å². The largest absolute Gasteiger partial charge is 0.481 e. The van der Waals surface area contributed by atoms with Crippen molar-refractivity contribution in [1.29, 1.82) is 0 Å². The molecule has 2 N–H and O–H groups in total. The maximum absolute atomic E-state index is 13.3. The summed E-state index contributed by atoms with van der Waals surface area (Å²) in [4.78, 5) is 15.7. The minimum absolute atomic E-state index is 0.0246. The molecule has 1 heterocycles. The van der Waals surface area contributed by atoms with Crippen molar-refractivity contribution < 1.29 is 28.2 Å². The van der Waals surface area contributed by atoms with E-state index in [4.69, 9.17) is 0 Å². The molecule has 1 aliphatic carbocycles. The fourth-order valence-corrected chi connectivity index (χ4v) is 6.87. The number of carbonyl (C=O) groups is 1. The van der Waals surface area contributed by atoms with Crippen molar-refractivity contribution in [3.8, 4) is 0 Å². The van der Waals surface area contributed by atoms with E-state index < -0.39 is 23.3 Å². The third-order valence-electron chi connectivity index (χ3n) is 7.79. The van der Waals surface area contributed by atoms with Crippen LogP contribution in [0.15, 0.2) is 60.7 Å². The van der Waals surface area contributed by atoms with Gasteiger partial charge in [-0.3, -0.25) is 9.78 Å². The van der Waals surface area contributed by atoms with Crippen LogP contribution < -0.4 is 0 Å². The van der Waals surface area contributed by atoms with Gasteiger partial charge in [0, 0.05) is 11.0 Å². The molecule has 224 valence electrons. The van der Waals surface area contributed by atoms with Gasteiger partial charge in [-0.2, -0.15) is 24.9 Å². The predicted molar refractivity (Wildman–Crippen MR) is 163 cm³/mol. The molecule has 4 nitrogen and oxygen atoms in total. The van der Waals surface area contributed by atoms with Gasteiger partial charge in [0.2, 0.25) is 0 Å². The molecular formula is C34H38F3NO3S. The normalized spacial score (nSPS) is 15.6. The maximum Gasteiger partial charge on any atom is 0.418 e. The van der Waals surface area contributed by atoms with E-state index in [1.807, 2.05) is 42.5 Å². The summed E-state index contributed by atoms with van der Waals surface area (Å²) in [6.07, 6.45) is 2.91. The molecule has 1 saturated carbocycles. The van der Waals surface area contributed by atoms with E-state index in [1.54, 1.807) is 38.6 Å². The summed E-state index contributed by atoms with van der Waals surface area (Å²) < 4.78 is 39.9. The predicted octanol–water partition coefficient (Wildman–Crippen LogP) is 8.72. The van der Waals surface area contributed by atoms with Gasteiger partial charge in [-0.15, -0.1) is 0 Å². The molecule has 0 amide bonds. The molecule has 0 radical (unpaired) electrons. The lowest BCUT2D eigenvalue weighted by Gasteiger charge is -2.24. The highest BCUT2D eigenvalue weighted by Crippen LogP contribution is 2.53. The minimum atomic E-state index is -4.43. The first-order chi connectivity index (χ1) is 19.8. The van der Waals surface area contributed by atoms with Crippen molar-refractivity contribution in [1.82, 2.24) is 4.98 Å². The molecule has 42 heavy (non-hydrogen) atoms. The van der Waals surface area contributed by atoms with Crippen LogP contribution in [0.1, 0.15) is 90.9 Å². The van der Waals surface area contributed by atoms with E-state index in [9.17, 15) is 28.2 Å². The lowest BCUT2D eigenvalue weighted by atomic mass is 9.90. The second kappa shape index (κ2) is 13.0. The monoisotopic (exact) mass is 597 g/mol. The third-order valence-corrected chi connectivity index (χ3v) is 9.48. The second-order valence-electron chi connectivity index (χ2n) is 11.7. The van der Waals surface area contributed by atoms with Gasteiger partial charge in [-0.25, -0.2) is 0 Å². The van der Waals surface area contributed by atoms with Crippen LogP contribution >= 0.6 is 11.8 Å². The number of hydrogen-bond donors (Lipinski definition) is 2. The lowest BCUT2D eigenvalue weighted by Crippen LogP contribution is -2.18. The number of alkyl halides is 3. The smallest absolute Gasteiger partial charge is 0.418 e. The SMILES string of the molecule is CCc1nc(/C=C/c2cccc([C@@H](CCc3ccccc3C(C)(C)O)SCC3(CC(=O)O)CC3)c2)ccc1C(F)(F)F. The highest BCUT2D eigenvalue weighted by Gasteiger charge is 2.44. The van der Waals surface area contributed by atoms with E-state index in [2.05, 4.69) is 17.1 Å². The van der Waals surface area contributed by atoms with Gasteiger partial charge in [0.1, 0.15) is 0 Å². The van der Waals surface area contributed by atoms with Crippen LogP contribution in [-0.2, 0) is 29.4 Å². The van der Waals surface area contributed by atoms with E-state index >= 15 is 0 Å². The van der Waals surface area contributed by atoms with Gasteiger partial charge in [0.15, 0.2) is 0 Å². The van der Waals surface area contributed by atoms with Crippen molar-refractivity contribution >= 4 is 29.9 Å².